The van der Waals surface area contributed by atoms with E-state index in [1.807, 2.05) is 0 Å². The first-order valence-electron chi connectivity index (χ1n) is 13.4. The fourth-order valence-corrected chi connectivity index (χ4v) is 6.00. The molecule has 8 N–H and O–H groups in total. The van der Waals surface area contributed by atoms with Gasteiger partial charge in [0.2, 0.25) is 11.9 Å². The van der Waals surface area contributed by atoms with Crippen LogP contribution in [0, 0.1) is 0 Å². The molecule has 0 aliphatic carbocycles. The quantitative estimate of drug-likeness (QED) is 0.110. The number of phosphoric acid groups is 1. The normalized spacial score (nSPS) is 30.2. The molecule has 22 heteroatoms. The van der Waals surface area contributed by atoms with E-state index in [4.69, 9.17) is 39.5 Å². The number of H-pyrrole nitrogens is 1. The monoisotopic (exact) mass is 645 g/mol. The lowest BCUT2D eigenvalue weighted by molar-refractivity contribution is -0.0745. The summed E-state index contributed by atoms with van der Waals surface area (Å²) in [5.74, 6) is -0.454. The molecular formula is C22H32N9O12P. The predicted octanol–water partition coefficient (Wildman–Crippen LogP) is -2.60. The maximum absolute atomic E-state index is 13.2. The number of imidazole rings is 1. The number of aromatic amines is 1. The van der Waals surface area contributed by atoms with Crippen LogP contribution in [0.25, 0.3) is 11.2 Å². The average molecular weight is 646 g/mol. The number of anilines is 2. The first kappa shape index (κ1) is 32.0. The molecule has 2 aliphatic heterocycles. The Morgan fingerprint density at radius 2 is 1.66 bits per heavy atom. The minimum Gasteiger partial charge on any atom is -0.394 e. The molecule has 5 rings (SSSR count). The van der Waals surface area contributed by atoms with Crippen molar-refractivity contribution in [1.29, 1.82) is 0 Å². The molecule has 9 unspecified atom stereocenters. The van der Waals surface area contributed by atoms with E-state index in [2.05, 4.69) is 24.9 Å². The number of fused-ring (bicyclic) bond motifs is 1. The van der Waals surface area contributed by atoms with Crippen molar-refractivity contribution in [2.75, 3.05) is 37.9 Å². The van der Waals surface area contributed by atoms with Gasteiger partial charge in [-0.05, 0) is 13.8 Å². The lowest BCUT2D eigenvalue weighted by atomic mass is 10.1. The van der Waals surface area contributed by atoms with Gasteiger partial charge in [0.1, 0.15) is 43.0 Å². The molecule has 0 spiro atoms. The highest BCUT2D eigenvalue weighted by Gasteiger charge is 2.51. The summed E-state index contributed by atoms with van der Waals surface area (Å²) in [6, 6.07) is 0. The van der Waals surface area contributed by atoms with Crippen LogP contribution in [-0.2, 0) is 32.6 Å². The number of hydrogen-bond acceptors (Lipinski definition) is 17. The van der Waals surface area contributed by atoms with Gasteiger partial charge in [-0.15, -0.1) is 0 Å². The lowest BCUT2D eigenvalue weighted by Crippen LogP contribution is -2.39. The van der Waals surface area contributed by atoms with Crippen molar-refractivity contribution in [3.05, 3.63) is 33.5 Å². The van der Waals surface area contributed by atoms with Gasteiger partial charge >= 0.3 is 13.5 Å². The molecule has 3 aromatic heterocycles. The van der Waals surface area contributed by atoms with Gasteiger partial charge in [0.25, 0.3) is 5.56 Å². The van der Waals surface area contributed by atoms with Gasteiger partial charge in [-0.1, -0.05) is 0 Å². The van der Waals surface area contributed by atoms with E-state index in [9.17, 15) is 29.3 Å². The molecule has 9 atom stereocenters. The third-order valence-electron chi connectivity index (χ3n) is 6.90. The number of nitrogens with zero attached hydrogens (tertiary/aromatic N) is 6. The molecule has 21 nitrogen and oxygen atoms in total. The predicted molar refractivity (Wildman–Crippen MR) is 146 cm³/mol. The van der Waals surface area contributed by atoms with Gasteiger partial charge in [0.05, 0.1) is 19.5 Å². The average Bonchev–Trinajstić information content (AvgIpc) is 3.62. The number of aromatic nitrogens is 7. The maximum Gasteiger partial charge on any atom is 0.472 e. The SMILES string of the molecule is CCOC1C(O)C(COP(=O)(O)OC2C(CO)OC(n3cnc4c(=O)[nH]c(N)nc43)C2OCC)OC1n1cnc(N)nc1=O. The van der Waals surface area contributed by atoms with Crippen LogP contribution in [0.5, 0.6) is 0 Å². The molecule has 44 heavy (non-hydrogen) atoms. The Morgan fingerprint density at radius 1 is 1.00 bits per heavy atom. The van der Waals surface area contributed by atoms with E-state index < -0.39 is 81.4 Å². The molecule has 0 saturated carbocycles. The molecule has 5 heterocycles. The summed E-state index contributed by atoms with van der Waals surface area (Å²) in [5.41, 5.74) is 9.70. The van der Waals surface area contributed by atoms with Crippen LogP contribution in [0.4, 0.5) is 11.9 Å². The molecule has 0 bridgehead atoms. The highest BCUT2D eigenvalue weighted by atomic mass is 31.2. The number of nitrogens with two attached hydrogens (primary N) is 2. The van der Waals surface area contributed by atoms with Gasteiger partial charge < -0.3 is 45.5 Å². The van der Waals surface area contributed by atoms with Crippen molar-refractivity contribution in [3.63, 3.8) is 0 Å². The van der Waals surface area contributed by atoms with Crippen molar-refractivity contribution in [2.45, 2.75) is 62.9 Å². The summed E-state index contributed by atoms with van der Waals surface area (Å²) in [5, 5.41) is 20.9. The summed E-state index contributed by atoms with van der Waals surface area (Å²) >= 11 is 0. The van der Waals surface area contributed by atoms with E-state index in [1.54, 1.807) is 13.8 Å². The molecule has 0 aromatic carbocycles. The van der Waals surface area contributed by atoms with Gasteiger partial charge in [-0.3, -0.25) is 28.0 Å². The molecule has 2 saturated heterocycles. The van der Waals surface area contributed by atoms with E-state index in [-0.39, 0.29) is 36.3 Å². The van der Waals surface area contributed by atoms with Crippen molar-refractivity contribution in [3.8, 4) is 0 Å². The molecule has 3 aromatic rings. The molecule has 0 radical (unpaired) electrons. The Kier molecular flexibility index (Phi) is 9.41. The Hall–Kier alpha value is -3.37. The summed E-state index contributed by atoms with van der Waals surface area (Å²) in [4.78, 5) is 53.1. The number of nitrogen functional groups attached to an aromatic ring is 2. The summed E-state index contributed by atoms with van der Waals surface area (Å²) in [6.45, 7) is 2.20. The van der Waals surface area contributed by atoms with Crippen LogP contribution in [-0.4, -0.2) is 112 Å². The molecule has 242 valence electrons. The zero-order valence-electron chi connectivity index (χ0n) is 23.4. The second kappa shape index (κ2) is 12.9. The number of rotatable bonds is 12. The highest BCUT2D eigenvalue weighted by Crippen LogP contribution is 2.50. The Labute approximate surface area is 247 Å². The topological polar surface area (TPSA) is 297 Å². The van der Waals surface area contributed by atoms with E-state index in [0.717, 1.165) is 10.9 Å². The summed E-state index contributed by atoms with van der Waals surface area (Å²) in [6.07, 6.45) is -7.49. The van der Waals surface area contributed by atoms with Gasteiger partial charge in [0, 0.05) is 13.2 Å². The Balaban J connectivity index is 1.33. The first-order chi connectivity index (χ1) is 21.0. The van der Waals surface area contributed by atoms with Crippen LogP contribution < -0.4 is 22.7 Å². The van der Waals surface area contributed by atoms with Gasteiger partial charge in [0.15, 0.2) is 23.6 Å². The highest BCUT2D eigenvalue weighted by molar-refractivity contribution is 7.47. The van der Waals surface area contributed by atoms with Crippen molar-refractivity contribution < 1.29 is 47.7 Å². The van der Waals surface area contributed by atoms with E-state index >= 15 is 0 Å². The number of aliphatic hydroxyl groups excluding tert-OH is 2. The van der Waals surface area contributed by atoms with Gasteiger partial charge in [-0.25, -0.2) is 19.3 Å². The number of aliphatic hydroxyl groups is 2. The van der Waals surface area contributed by atoms with Crippen molar-refractivity contribution in [2.24, 2.45) is 0 Å². The fraction of sp³-hybridized carbons (Fsp3) is 0.636. The largest absolute Gasteiger partial charge is 0.472 e. The van der Waals surface area contributed by atoms with Gasteiger partial charge in [-0.2, -0.15) is 9.97 Å². The van der Waals surface area contributed by atoms with Crippen LogP contribution in [0.3, 0.4) is 0 Å². The van der Waals surface area contributed by atoms with E-state index in [0.29, 0.717) is 0 Å². The Bertz CT molecular complexity index is 1630. The van der Waals surface area contributed by atoms with Crippen molar-refractivity contribution in [1.82, 2.24) is 34.1 Å². The third-order valence-corrected chi connectivity index (χ3v) is 7.88. The first-order valence-corrected chi connectivity index (χ1v) is 14.9. The lowest BCUT2D eigenvalue weighted by Gasteiger charge is -2.26. The summed E-state index contributed by atoms with van der Waals surface area (Å²) < 4.78 is 49.0. The minimum absolute atomic E-state index is 0.0399. The van der Waals surface area contributed by atoms with E-state index in [1.165, 1.54) is 10.9 Å². The maximum atomic E-state index is 13.2. The standard InChI is InChI=1S/C22H32N9O12P/c1-3-38-14-12(33)10(42-18(14)31-8-26-20(23)29-22(31)35)6-40-44(36,37)43-13-9(5-32)41-19(15(13)39-4-2)30-7-25-11-16(30)27-21(24)28-17(11)34/h7-10,12-15,18-19,32-33H,3-6H2,1-2H3,(H,36,37)(H2,23,29,35)(H3,24,27,28,34). The number of hydrogen-bond donors (Lipinski definition) is 6. The minimum atomic E-state index is -4.97. The molecule has 2 fully saturated rings. The number of nitrogens with one attached hydrogen (secondary N) is 1. The smallest absolute Gasteiger partial charge is 0.394 e. The molecule has 2 aliphatic rings. The zero-order chi connectivity index (χ0) is 31.8. The van der Waals surface area contributed by atoms with Crippen LogP contribution >= 0.6 is 7.82 Å². The van der Waals surface area contributed by atoms with Crippen LogP contribution in [0.15, 0.2) is 22.2 Å². The fourth-order valence-electron chi connectivity index (χ4n) is 5.04. The summed E-state index contributed by atoms with van der Waals surface area (Å²) in [7, 11) is -4.97. The van der Waals surface area contributed by atoms with Crippen molar-refractivity contribution >= 4 is 30.9 Å². The zero-order valence-corrected chi connectivity index (χ0v) is 24.3. The van der Waals surface area contributed by atoms with Crippen LogP contribution in [0.1, 0.15) is 26.3 Å². The number of ether oxygens (including phenoxy) is 4. The second-order valence-corrected chi connectivity index (χ2v) is 11.1. The second-order valence-electron chi connectivity index (χ2n) is 9.66. The third kappa shape index (κ3) is 6.24. The molecular weight excluding hydrogens is 613 g/mol. The van der Waals surface area contributed by atoms with Crippen LogP contribution in [0.2, 0.25) is 0 Å². The Morgan fingerprint density at radius 3 is 2.34 bits per heavy atom. The number of phosphoric ester groups is 1. The molecule has 0 amide bonds.